The molecular formula is C27H25BrN2O5. The van der Waals surface area contributed by atoms with E-state index in [1.807, 2.05) is 43.3 Å². The molecule has 2 amide bonds. The second-order valence-electron chi connectivity index (χ2n) is 8.30. The Bertz CT molecular complexity index is 1230. The molecule has 0 aromatic heterocycles. The second kappa shape index (κ2) is 10.7. The van der Waals surface area contributed by atoms with Crippen molar-refractivity contribution in [2.24, 2.45) is 0 Å². The van der Waals surface area contributed by atoms with Crippen LogP contribution < -0.4 is 10.6 Å². The van der Waals surface area contributed by atoms with Gasteiger partial charge in [-0.05, 0) is 62.8 Å². The topological polar surface area (TPSA) is 105 Å². The number of hydrogen-bond acceptors (Lipinski definition) is 4. The molecule has 0 radical (unpaired) electrons. The fourth-order valence-corrected chi connectivity index (χ4v) is 4.79. The summed E-state index contributed by atoms with van der Waals surface area (Å²) in [5.74, 6) is -1.55. The normalized spacial score (nSPS) is 12.9. The summed E-state index contributed by atoms with van der Waals surface area (Å²) in [4.78, 5) is 36.7. The molecule has 0 saturated carbocycles. The summed E-state index contributed by atoms with van der Waals surface area (Å²) >= 11 is 3.28. The summed E-state index contributed by atoms with van der Waals surface area (Å²) in [5.41, 5.74) is 5.00. The van der Waals surface area contributed by atoms with Gasteiger partial charge in [0.2, 0.25) is 5.91 Å². The Morgan fingerprint density at radius 3 is 2.20 bits per heavy atom. The third kappa shape index (κ3) is 5.38. The van der Waals surface area contributed by atoms with E-state index in [4.69, 9.17) is 9.84 Å². The van der Waals surface area contributed by atoms with Crippen LogP contribution in [0, 0.1) is 0 Å². The molecule has 3 N–H and O–H groups in total. The van der Waals surface area contributed by atoms with E-state index in [1.54, 1.807) is 0 Å². The zero-order valence-electron chi connectivity index (χ0n) is 19.1. The number of aromatic carboxylic acids is 1. The van der Waals surface area contributed by atoms with Crippen molar-refractivity contribution in [1.82, 2.24) is 5.32 Å². The van der Waals surface area contributed by atoms with Gasteiger partial charge in [0.25, 0.3) is 0 Å². The fourth-order valence-electron chi connectivity index (χ4n) is 4.31. The minimum absolute atomic E-state index is 0.0738. The Morgan fingerprint density at radius 1 is 1.00 bits per heavy atom. The van der Waals surface area contributed by atoms with Crippen molar-refractivity contribution in [3.05, 3.63) is 87.9 Å². The average molecular weight is 537 g/mol. The quantitative estimate of drug-likeness (QED) is 0.337. The van der Waals surface area contributed by atoms with Crippen molar-refractivity contribution in [2.45, 2.75) is 31.7 Å². The van der Waals surface area contributed by atoms with Gasteiger partial charge in [0.05, 0.1) is 11.3 Å². The molecule has 0 saturated heterocycles. The molecule has 35 heavy (non-hydrogen) atoms. The van der Waals surface area contributed by atoms with E-state index in [0.717, 1.165) is 22.3 Å². The van der Waals surface area contributed by atoms with E-state index in [2.05, 4.69) is 38.7 Å². The monoisotopic (exact) mass is 536 g/mol. The highest BCUT2D eigenvalue weighted by atomic mass is 79.9. The van der Waals surface area contributed by atoms with Crippen LogP contribution in [-0.2, 0) is 9.53 Å². The summed E-state index contributed by atoms with van der Waals surface area (Å²) in [6, 6.07) is 19.7. The molecule has 1 atom stereocenters. The van der Waals surface area contributed by atoms with Crippen LogP contribution in [0.5, 0.6) is 0 Å². The van der Waals surface area contributed by atoms with Crippen molar-refractivity contribution in [3.8, 4) is 11.1 Å². The van der Waals surface area contributed by atoms with Crippen molar-refractivity contribution in [2.75, 3.05) is 11.9 Å². The summed E-state index contributed by atoms with van der Waals surface area (Å²) in [6.07, 6.45) is 0.419. The van der Waals surface area contributed by atoms with Gasteiger partial charge in [0.15, 0.2) is 0 Å². The standard InChI is InChI=1S/C27H25BrN2O5/c1-2-7-24(25(31)29-23-13-12-16(26(32)33)14-22(23)28)30-27(34)35-15-21-19-10-5-3-8-17(19)18-9-4-6-11-20(18)21/h3-6,8-14,21,24H,2,7,15H2,1H3,(H,29,31)(H,30,34)(H,32,33). The average Bonchev–Trinajstić information content (AvgIpc) is 3.17. The summed E-state index contributed by atoms with van der Waals surface area (Å²) in [5, 5.41) is 14.5. The highest BCUT2D eigenvalue weighted by Gasteiger charge is 2.29. The smallest absolute Gasteiger partial charge is 0.407 e. The molecule has 3 aromatic rings. The van der Waals surface area contributed by atoms with Gasteiger partial charge in [-0.15, -0.1) is 0 Å². The number of carbonyl (C=O) groups is 3. The number of carboxylic acids is 1. The molecule has 0 bridgehead atoms. The zero-order chi connectivity index (χ0) is 24.9. The van der Waals surface area contributed by atoms with E-state index in [9.17, 15) is 14.4 Å². The van der Waals surface area contributed by atoms with Crippen molar-refractivity contribution >= 4 is 39.6 Å². The van der Waals surface area contributed by atoms with Crippen molar-refractivity contribution < 1.29 is 24.2 Å². The minimum atomic E-state index is -1.07. The van der Waals surface area contributed by atoms with Crippen LogP contribution in [0.3, 0.4) is 0 Å². The predicted octanol–water partition coefficient (Wildman–Crippen LogP) is 5.79. The van der Waals surface area contributed by atoms with Crippen LogP contribution in [0.4, 0.5) is 10.5 Å². The van der Waals surface area contributed by atoms with Gasteiger partial charge in [-0.25, -0.2) is 9.59 Å². The van der Waals surface area contributed by atoms with E-state index in [1.165, 1.54) is 18.2 Å². The molecule has 180 valence electrons. The Balaban J connectivity index is 1.41. The molecule has 1 aliphatic rings. The van der Waals surface area contributed by atoms with Gasteiger partial charge in [-0.2, -0.15) is 0 Å². The molecule has 4 rings (SSSR count). The Morgan fingerprint density at radius 2 is 1.63 bits per heavy atom. The van der Waals surface area contributed by atoms with Crippen LogP contribution in [0.1, 0.15) is 47.2 Å². The van der Waals surface area contributed by atoms with Gasteiger partial charge in [0.1, 0.15) is 12.6 Å². The van der Waals surface area contributed by atoms with Crippen LogP contribution in [0.25, 0.3) is 11.1 Å². The highest BCUT2D eigenvalue weighted by molar-refractivity contribution is 9.10. The first-order chi connectivity index (χ1) is 16.9. The lowest BCUT2D eigenvalue weighted by Gasteiger charge is -2.20. The van der Waals surface area contributed by atoms with E-state index < -0.39 is 24.0 Å². The van der Waals surface area contributed by atoms with Gasteiger partial charge in [-0.1, -0.05) is 61.9 Å². The molecule has 7 nitrogen and oxygen atoms in total. The number of hydrogen-bond donors (Lipinski definition) is 3. The van der Waals surface area contributed by atoms with Crippen molar-refractivity contribution in [3.63, 3.8) is 0 Å². The summed E-state index contributed by atoms with van der Waals surface area (Å²) in [7, 11) is 0. The molecule has 0 spiro atoms. The Kier molecular flexibility index (Phi) is 7.51. The summed E-state index contributed by atoms with van der Waals surface area (Å²) < 4.78 is 6.01. The first kappa shape index (κ1) is 24.5. The van der Waals surface area contributed by atoms with Gasteiger partial charge >= 0.3 is 12.1 Å². The maximum atomic E-state index is 12.9. The SMILES string of the molecule is CCCC(NC(=O)OCC1c2ccccc2-c2ccccc21)C(=O)Nc1ccc(C(=O)O)cc1Br. The number of nitrogens with one attached hydrogen (secondary N) is 2. The number of halogens is 1. The first-order valence-corrected chi connectivity index (χ1v) is 12.1. The molecule has 8 heteroatoms. The van der Waals surface area contributed by atoms with Gasteiger partial charge in [-0.3, -0.25) is 4.79 Å². The second-order valence-corrected chi connectivity index (χ2v) is 9.15. The highest BCUT2D eigenvalue weighted by Crippen LogP contribution is 2.44. The van der Waals surface area contributed by atoms with E-state index in [0.29, 0.717) is 23.0 Å². The van der Waals surface area contributed by atoms with E-state index >= 15 is 0 Å². The number of rotatable bonds is 8. The number of amides is 2. The number of fused-ring (bicyclic) bond motifs is 3. The lowest BCUT2D eigenvalue weighted by Crippen LogP contribution is -2.44. The Hall–Kier alpha value is -3.65. The predicted molar refractivity (Wildman–Crippen MR) is 137 cm³/mol. The molecule has 0 fully saturated rings. The summed E-state index contributed by atoms with van der Waals surface area (Å²) in [6.45, 7) is 2.07. The van der Waals surface area contributed by atoms with E-state index in [-0.39, 0.29) is 18.1 Å². The largest absolute Gasteiger partial charge is 0.478 e. The third-order valence-corrected chi connectivity index (χ3v) is 6.66. The minimum Gasteiger partial charge on any atom is -0.478 e. The van der Waals surface area contributed by atoms with Gasteiger partial charge < -0.3 is 20.5 Å². The number of ether oxygens (including phenoxy) is 1. The number of anilines is 1. The molecule has 0 heterocycles. The Labute approximate surface area is 211 Å². The number of carbonyl (C=O) groups excluding carboxylic acids is 2. The maximum Gasteiger partial charge on any atom is 0.407 e. The fraction of sp³-hybridized carbons (Fsp3) is 0.222. The first-order valence-electron chi connectivity index (χ1n) is 11.3. The number of alkyl carbamates (subject to hydrolysis) is 1. The van der Waals surface area contributed by atoms with Crippen molar-refractivity contribution in [1.29, 1.82) is 0 Å². The number of carboxylic acid groups (broad SMARTS) is 1. The van der Waals surface area contributed by atoms with Gasteiger partial charge in [0, 0.05) is 10.4 Å². The van der Waals surface area contributed by atoms with Crippen LogP contribution in [0.2, 0.25) is 0 Å². The lowest BCUT2D eigenvalue weighted by atomic mass is 9.98. The van der Waals surface area contributed by atoms with Crippen LogP contribution in [0.15, 0.2) is 71.2 Å². The van der Waals surface area contributed by atoms with Crippen LogP contribution in [-0.4, -0.2) is 35.7 Å². The molecular weight excluding hydrogens is 512 g/mol. The lowest BCUT2D eigenvalue weighted by molar-refractivity contribution is -0.118. The number of benzene rings is 3. The third-order valence-electron chi connectivity index (χ3n) is 6.00. The molecule has 1 aliphatic carbocycles. The molecule has 0 aliphatic heterocycles. The van der Waals surface area contributed by atoms with Crippen LogP contribution >= 0.6 is 15.9 Å². The zero-order valence-corrected chi connectivity index (χ0v) is 20.7. The maximum absolute atomic E-state index is 12.9. The molecule has 1 unspecified atom stereocenters. The molecule has 3 aromatic carbocycles.